The molecular formula is C21H17F3N4O2. The number of rotatable bonds is 6. The molecule has 2 N–H and O–H groups in total. The normalized spacial score (nSPS) is 11.8. The number of amides is 2. The third-order valence-electron chi connectivity index (χ3n) is 4.01. The molecule has 1 heterocycles. The van der Waals surface area contributed by atoms with Gasteiger partial charge < -0.3 is 10.6 Å². The predicted molar refractivity (Wildman–Crippen MR) is 106 cm³/mol. The minimum absolute atomic E-state index is 0.137. The first-order chi connectivity index (χ1) is 14.3. The van der Waals surface area contributed by atoms with Crippen LogP contribution in [0.2, 0.25) is 0 Å². The molecule has 0 aliphatic carbocycles. The Morgan fingerprint density at radius 2 is 1.70 bits per heavy atom. The van der Waals surface area contributed by atoms with Crippen LogP contribution in [-0.4, -0.2) is 34.3 Å². The van der Waals surface area contributed by atoms with Crippen molar-refractivity contribution < 1.29 is 22.8 Å². The number of hydrogen-bond acceptors (Lipinski definition) is 3. The number of halogens is 3. The standard InChI is InChI=1S/C21H17F3N4O2/c22-21(23,24)18(15-5-2-1-3-6-15)13-19(29)25-14-20(30)27-16-7-9-17(10-8-16)28-12-4-11-26-28/h1-13H,14H2,(H,25,29)(H,27,30)/b18-13+. The van der Waals surface area contributed by atoms with E-state index in [9.17, 15) is 22.8 Å². The molecular weight excluding hydrogens is 397 g/mol. The number of benzene rings is 2. The number of allylic oxidation sites excluding steroid dienone is 1. The average molecular weight is 414 g/mol. The summed E-state index contributed by atoms with van der Waals surface area (Å²) >= 11 is 0. The number of hydrogen-bond donors (Lipinski definition) is 2. The van der Waals surface area contributed by atoms with Crippen LogP contribution < -0.4 is 10.6 Å². The molecule has 9 heteroatoms. The number of carbonyl (C=O) groups excluding carboxylic acids is 2. The van der Waals surface area contributed by atoms with E-state index >= 15 is 0 Å². The SMILES string of the molecule is O=C(/C=C(\c1ccccc1)C(F)(F)F)NCC(=O)Nc1ccc(-n2cccn2)cc1. The lowest BCUT2D eigenvalue weighted by Gasteiger charge is -2.12. The summed E-state index contributed by atoms with van der Waals surface area (Å²) in [7, 11) is 0. The van der Waals surface area contributed by atoms with Crippen molar-refractivity contribution in [1.82, 2.24) is 15.1 Å². The fraction of sp³-hybridized carbons (Fsp3) is 0.0952. The molecule has 0 bridgehead atoms. The molecule has 0 radical (unpaired) electrons. The van der Waals surface area contributed by atoms with Crippen LogP contribution in [-0.2, 0) is 9.59 Å². The van der Waals surface area contributed by atoms with E-state index in [-0.39, 0.29) is 5.56 Å². The zero-order valence-electron chi connectivity index (χ0n) is 15.6. The molecule has 0 saturated heterocycles. The zero-order chi connectivity index (χ0) is 21.6. The monoisotopic (exact) mass is 414 g/mol. The van der Waals surface area contributed by atoms with Gasteiger partial charge in [-0.05, 0) is 35.9 Å². The van der Waals surface area contributed by atoms with Gasteiger partial charge in [0.2, 0.25) is 11.8 Å². The summed E-state index contributed by atoms with van der Waals surface area (Å²) in [5.41, 5.74) is 0.0371. The highest BCUT2D eigenvalue weighted by Crippen LogP contribution is 2.33. The minimum atomic E-state index is -4.71. The third-order valence-corrected chi connectivity index (χ3v) is 4.01. The summed E-state index contributed by atoms with van der Waals surface area (Å²) in [6.45, 7) is -0.476. The first kappa shape index (κ1) is 20.8. The van der Waals surface area contributed by atoms with E-state index in [1.54, 1.807) is 53.5 Å². The van der Waals surface area contributed by atoms with Gasteiger partial charge in [0.1, 0.15) is 0 Å². The minimum Gasteiger partial charge on any atom is -0.343 e. The molecule has 154 valence electrons. The fourth-order valence-corrected chi connectivity index (χ4v) is 2.62. The second kappa shape index (κ2) is 9.08. The van der Waals surface area contributed by atoms with E-state index in [1.807, 2.05) is 0 Å². The van der Waals surface area contributed by atoms with Crippen LogP contribution in [0.25, 0.3) is 11.3 Å². The summed E-state index contributed by atoms with van der Waals surface area (Å²) in [6.07, 6.45) is -0.866. The first-order valence-corrected chi connectivity index (χ1v) is 8.85. The summed E-state index contributed by atoms with van der Waals surface area (Å²) in [6, 6.07) is 15.5. The first-order valence-electron chi connectivity index (χ1n) is 8.85. The Labute approximate surface area is 170 Å². The topological polar surface area (TPSA) is 76.0 Å². The van der Waals surface area contributed by atoms with E-state index in [2.05, 4.69) is 15.7 Å². The molecule has 0 atom stereocenters. The lowest BCUT2D eigenvalue weighted by molar-refractivity contribution is -0.121. The molecule has 0 saturated carbocycles. The van der Waals surface area contributed by atoms with Crippen LogP contribution >= 0.6 is 0 Å². The lowest BCUT2D eigenvalue weighted by atomic mass is 10.1. The largest absolute Gasteiger partial charge is 0.417 e. The van der Waals surface area contributed by atoms with Crippen LogP contribution in [0, 0.1) is 0 Å². The van der Waals surface area contributed by atoms with Crippen molar-refractivity contribution in [1.29, 1.82) is 0 Å². The Morgan fingerprint density at radius 1 is 1.00 bits per heavy atom. The van der Waals surface area contributed by atoms with Crippen molar-refractivity contribution in [2.75, 3.05) is 11.9 Å². The Balaban J connectivity index is 1.58. The van der Waals surface area contributed by atoms with Gasteiger partial charge in [0, 0.05) is 24.2 Å². The Morgan fingerprint density at radius 3 is 2.30 bits per heavy atom. The van der Waals surface area contributed by atoms with Crippen molar-refractivity contribution in [3.8, 4) is 5.69 Å². The van der Waals surface area contributed by atoms with E-state index in [0.717, 1.165) is 5.69 Å². The quantitative estimate of drug-likeness (QED) is 0.606. The molecule has 0 aliphatic rings. The van der Waals surface area contributed by atoms with Crippen LogP contribution in [0.5, 0.6) is 0 Å². The molecule has 2 aromatic carbocycles. The van der Waals surface area contributed by atoms with Crippen LogP contribution in [0.1, 0.15) is 5.56 Å². The fourth-order valence-electron chi connectivity index (χ4n) is 2.62. The maximum atomic E-state index is 13.3. The van der Waals surface area contributed by atoms with Gasteiger partial charge in [-0.1, -0.05) is 30.3 Å². The number of nitrogens with one attached hydrogen (secondary N) is 2. The maximum Gasteiger partial charge on any atom is 0.417 e. The highest BCUT2D eigenvalue weighted by atomic mass is 19.4. The number of aromatic nitrogens is 2. The van der Waals surface area contributed by atoms with Crippen LogP contribution in [0.4, 0.5) is 18.9 Å². The smallest absolute Gasteiger partial charge is 0.343 e. The van der Waals surface area contributed by atoms with Gasteiger partial charge in [-0.25, -0.2) is 4.68 Å². The molecule has 0 spiro atoms. The summed E-state index contributed by atoms with van der Waals surface area (Å²) in [5, 5.41) is 8.81. The van der Waals surface area contributed by atoms with Crippen molar-refractivity contribution in [2.24, 2.45) is 0 Å². The Bertz CT molecular complexity index is 1030. The second-order valence-electron chi connectivity index (χ2n) is 6.19. The van der Waals surface area contributed by atoms with Crippen LogP contribution in [0.3, 0.4) is 0 Å². The van der Waals surface area contributed by atoms with Crippen molar-refractivity contribution >= 4 is 23.1 Å². The molecule has 3 rings (SSSR count). The Kier molecular flexibility index (Phi) is 6.31. The van der Waals surface area contributed by atoms with Crippen molar-refractivity contribution in [3.05, 3.63) is 84.7 Å². The summed E-state index contributed by atoms with van der Waals surface area (Å²) in [5.74, 6) is -1.59. The van der Waals surface area contributed by atoms with E-state index in [1.165, 1.54) is 24.3 Å². The summed E-state index contributed by atoms with van der Waals surface area (Å²) in [4.78, 5) is 23.9. The molecule has 1 aromatic heterocycles. The van der Waals surface area contributed by atoms with Gasteiger partial charge in [-0.15, -0.1) is 0 Å². The molecule has 30 heavy (non-hydrogen) atoms. The maximum absolute atomic E-state index is 13.3. The van der Waals surface area contributed by atoms with Crippen molar-refractivity contribution in [3.63, 3.8) is 0 Å². The highest BCUT2D eigenvalue weighted by molar-refractivity contribution is 6.00. The lowest BCUT2D eigenvalue weighted by Crippen LogP contribution is -2.32. The van der Waals surface area contributed by atoms with E-state index in [0.29, 0.717) is 11.8 Å². The molecule has 6 nitrogen and oxygen atoms in total. The second-order valence-corrected chi connectivity index (χ2v) is 6.19. The van der Waals surface area contributed by atoms with Gasteiger partial charge in [0.25, 0.3) is 0 Å². The third kappa shape index (κ3) is 5.57. The van der Waals surface area contributed by atoms with E-state index < -0.39 is 30.1 Å². The van der Waals surface area contributed by atoms with Gasteiger partial charge in [0.05, 0.1) is 17.8 Å². The predicted octanol–water partition coefficient (Wildman–Crippen LogP) is 3.57. The number of carbonyl (C=O) groups is 2. The highest BCUT2D eigenvalue weighted by Gasteiger charge is 2.35. The molecule has 0 fully saturated rings. The van der Waals surface area contributed by atoms with Crippen LogP contribution in [0.15, 0.2) is 79.1 Å². The summed E-state index contributed by atoms with van der Waals surface area (Å²) < 4.78 is 41.4. The number of alkyl halides is 3. The molecule has 2 amide bonds. The Hall–Kier alpha value is -3.88. The average Bonchev–Trinajstić information content (AvgIpc) is 3.26. The number of nitrogens with zero attached hydrogens (tertiary/aromatic N) is 2. The van der Waals surface area contributed by atoms with Gasteiger partial charge in [-0.3, -0.25) is 9.59 Å². The van der Waals surface area contributed by atoms with Gasteiger partial charge in [0.15, 0.2) is 0 Å². The van der Waals surface area contributed by atoms with Gasteiger partial charge >= 0.3 is 6.18 Å². The van der Waals surface area contributed by atoms with Gasteiger partial charge in [-0.2, -0.15) is 18.3 Å². The number of anilines is 1. The zero-order valence-corrected chi connectivity index (χ0v) is 15.6. The van der Waals surface area contributed by atoms with Crippen molar-refractivity contribution in [2.45, 2.75) is 6.18 Å². The molecule has 0 unspecified atom stereocenters. The molecule has 0 aliphatic heterocycles. The van der Waals surface area contributed by atoms with E-state index in [4.69, 9.17) is 0 Å². The molecule has 3 aromatic rings.